The van der Waals surface area contributed by atoms with Gasteiger partial charge in [0.2, 0.25) is 0 Å². The Bertz CT molecular complexity index is 490. The number of anilines is 1. The lowest BCUT2D eigenvalue weighted by Crippen LogP contribution is -2.39. The third-order valence-corrected chi connectivity index (χ3v) is 3.52. The number of carbonyl (C=O) groups is 1. The van der Waals surface area contributed by atoms with Crippen LogP contribution in [0.2, 0.25) is 0 Å². The van der Waals surface area contributed by atoms with E-state index in [1.54, 1.807) is 16.8 Å². The summed E-state index contributed by atoms with van der Waals surface area (Å²) in [4.78, 5) is 23.3. The Labute approximate surface area is 113 Å². The molecule has 0 aliphatic heterocycles. The van der Waals surface area contributed by atoms with Gasteiger partial charge in [-0.1, -0.05) is 19.3 Å². The van der Waals surface area contributed by atoms with Crippen LogP contribution in [0.4, 0.5) is 10.5 Å². The predicted octanol–water partition coefficient (Wildman–Crippen LogP) is 2.32. The number of hydrogen-bond donors (Lipinski definition) is 2. The number of urea groups is 1. The van der Waals surface area contributed by atoms with E-state index in [2.05, 4.69) is 10.6 Å². The van der Waals surface area contributed by atoms with Gasteiger partial charge in [-0.05, 0) is 25.8 Å². The van der Waals surface area contributed by atoms with Crippen LogP contribution in [0.3, 0.4) is 0 Å². The lowest BCUT2D eigenvalue weighted by atomic mass is 9.96. The first-order valence-corrected chi connectivity index (χ1v) is 6.97. The van der Waals surface area contributed by atoms with Crippen molar-refractivity contribution in [3.8, 4) is 0 Å². The van der Waals surface area contributed by atoms with Gasteiger partial charge in [0.05, 0.1) is 5.69 Å². The van der Waals surface area contributed by atoms with Crippen molar-refractivity contribution in [2.45, 2.75) is 51.6 Å². The van der Waals surface area contributed by atoms with Crippen LogP contribution in [-0.2, 0) is 6.54 Å². The van der Waals surface area contributed by atoms with E-state index in [1.807, 2.05) is 6.92 Å². The molecule has 0 radical (unpaired) electrons. The van der Waals surface area contributed by atoms with E-state index in [0.717, 1.165) is 12.8 Å². The molecule has 2 amide bonds. The molecule has 1 aromatic heterocycles. The van der Waals surface area contributed by atoms with Gasteiger partial charge >= 0.3 is 6.03 Å². The highest BCUT2D eigenvalue weighted by atomic mass is 16.2. The minimum Gasteiger partial charge on any atom is -0.335 e. The highest BCUT2D eigenvalue weighted by molar-refractivity contribution is 5.89. The molecule has 1 heterocycles. The molecular formula is C14H21N3O2. The van der Waals surface area contributed by atoms with Crippen molar-refractivity contribution in [1.29, 1.82) is 0 Å². The smallest absolute Gasteiger partial charge is 0.319 e. The molecular weight excluding hydrogens is 242 g/mol. The Morgan fingerprint density at radius 2 is 2.05 bits per heavy atom. The molecule has 2 rings (SSSR count). The molecule has 1 fully saturated rings. The molecule has 1 aromatic rings. The van der Waals surface area contributed by atoms with Crippen LogP contribution in [0.15, 0.2) is 23.1 Å². The monoisotopic (exact) mass is 263 g/mol. The molecule has 0 unspecified atom stereocenters. The molecule has 19 heavy (non-hydrogen) atoms. The summed E-state index contributed by atoms with van der Waals surface area (Å²) in [5, 5.41) is 5.76. The van der Waals surface area contributed by atoms with Crippen LogP contribution in [-0.4, -0.2) is 16.6 Å². The summed E-state index contributed by atoms with van der Waals surface area (Å²) < 4.78 is 1.57. The maximum atomic E-state index is 11.9. The molecule has 0 aromatic carbocycles. The van der Waals surface area contributed by atoms with E-state index >= 15 is 0 Å². The minimum atomic E-state index is -0.187. The zero-order valence-electron chi connectivity index (χ0n) is 11.3. The standard InChI is InChI=1S/C14H21N3O2/c1-2-17-10-12(8-9-13(17)18)16-14(19)15-11-6-4-3-5-7-11/h8-11H,2-7H2,1H3,(H2,15,16,19). The summed E-state index contributed by atoms with van der Waals surface area (Å²) in [6.45, 7) is 2.49. The zero-order valence-corrected chi connectivity index (χ0v) is 11.3. The third kappa shape index (κ3) is 3.84. The van der Waals surface area contributed by atoms with Gasteiger partial charge in [0.1, 0.15) is 0 Å². The number of aromatic nitrogens is 1. The average Bonchev–Trinajstić information content (AvgIpc) is 2.42. The van der Waals surface area contributed by atoms with Crippen LogP contribution in [0, 0.1) is 0 Å². The summed E-state index contributed by atoms with van der Waals surface area (Å²) in [6, 6.07) is 3.20. The SMILES string of the molecule is CCn1cc(NC(=O)NC2CCCCC2)ccc1=O. The Morgan fingerprint density at radius 1 is 1.32 bits per heavy atom. The first-order chi connectivity index (χ1) is 9.19. The van der Waals surface area contributed by atoms with E-state index < -0.39 is 0 Å². The van der Waals surface area contributed by atoms with Gasteiger partial charge in [0, 0.05) is 24.8 Å². The van der Waals surface area contributed by atoms with Gasteiger partial charge in [-0.25, -0.2) is 4.79 Å². The van der Waals surface area contributed by atoms with Crippen molar-refractivity contribution >= 4 is 11.7 Å². The quantitative estimate of drug-likeness (QED) is 0.879. The molecule has 1 aliphatic carbocycles. The van der Waals surface area contributed by atoms with Crippen LogP contribution in [0.1, 0.15) is 39.0 Å². The maximum Gasteiger partial charge on any atom is 0.319 e. The molecule has 1 saturated carbocycles. The molecule has 5 heteroatoms. The third-order valence-electron chi connectivity index (χ3n) is 3.52. The molecule has 1 aliphatic rings. The second-order valence-corrected chi connectivity index (χ2v) is 4.98. The first kappa shape index (κ1) is 13.6. The van der Waals surface area contributed by atoms with Crippen molar-refractivity contribution in [1.82, 2.24) is 9.88 Å². The highest BCUT2D eigenvalue weighted by Gasteiger charge is 2.15. The van der Waals surface area contributed by atoms with Crippen molar-refractivity contribution in [2.75, 3.05) is 5.32 Å². The van der Waals surface area contributed by atoms with Crippen molar-refractivity contribution < 1.29 is 4.79 Å². The molecule has 0 spiro atoms. The van der Waals surface area contributed by atoms with Crippen molar-refractivity contribution in [3.63, 3.8) is 0 Å². The number of hydrogen-bond acceptors (Lipinski definition) is 2. The van der Waals surface area contributed by atoms with Crippen molar-refractivity contribution in [3.05, 3.63) is 28.7 Å². The van der Waals surface area contributed by atoms with Gasteiger partial charge in [-0.15, -0.1) is 0 Å². The van der Waals surface area contributed by atoms with Gasteiger partial charge in [0.15, 0.2) is 0 Å². The maximum absolute atomic E-state index is 11.9. The normalized spacial score (nSPS) is 16.1. The Morgan fingerprint density at radius 3 is 2.74 bits per heavy atom. The summed E-state index contributed by atoms with van der Waals surface area (Å²) in [5.41, 5.74) is 0.593. The lowest BCUT2D eigenvalue weighted by Gasteiger charge is -2.22. The van der Waals surface area contributed by atoms with E-state index in [9.17, 15) is 9.59 Å². The molecule has 0 bridgehead atoms. The van der Waals surface area contributed by atoms with Gasteiger partial charge < -0.3 is 15.2 Å². The number of aryl methyl sites for hydroxylation is 1. The Hall–Kier alpha value is -1.78. The highest BCUT2D eigenvalue weighted by Crippen LogP contribution is 2.17. The van der Waals surface area contributed by atoms with Gasteiger partial charge in [-0.2, -0.15) is 0 Å². The first-order valence-electron chi connectivity index (χ1n) is 6.97. The molecule has 0 atom stereocenters. The van der Waals surface area contributed by atoms with Crippen LogP contribution < -0.4 is 16.2 Å². The number of amides is 2. The molecule has 5 nitrogen and oxygen atoms in total. The average molecular weight is 263 g/mol. The topological polar surface area (TPSA) is 63.1 Å². The number of carbonyl (C=O) groups excluding carboxylic acids is 1. The van der Waals surface area contributed by atoms with E-state index in [4.69, 9.17) is 0 Å². The number of rotatable bonds is 3. The van der Waals surface area contributed by atoms with Crippen LogP contribution >= 0.6 is 0 Å². The molecule has 0 saturated heterocycles. The van der Waals surface area contributed by atoms with Gasteiger partial charge in [0.25, 0.3) is 5.56 Å². The fraction of sp³-hybridized carbons (Fsp3) is 0.571. The summed E-state index contributed by atoms with van der Waals surface area (Å²) in [7, 11) is 0. The van der Waals surface area contributed by atoms with Crippen LogP contribution in [0.5, 0.6) is 0 Å². The second-order valence-electron chi connectivity index (χ2n) is 4.98. The minimum absolute atomic E-state index is 0.0549. The van der Waals surface area contributed by atoms with E-state index in [-0.39, 0.29) is 17.6 Å². The summed E-state index contributed by atoms with van der Waals surface area (Å²) in [6.07, 6.45) is 7.42. The predicted molar refractivity (Wildman–Crippen MR) is 75.4 cm³/mol. The fourth-order valence-corrected chi connectivity index (χ4v) is 2.45. The largest absolute Gasteiger partial charge is 0.335 e. The second kappa shape index (κ2) is 6.41. The Kier molecular flexibility index (Phi) is 4.60. The van der Waals surface area contributed by atoms with Crippen LogP contribution in [0.25, 0.3) is 0 Å². The van der Waals surface area contributed by atoms with Gasteiger partial charge in [-0.3, -0.25) is 4.79 Å². The number of nitrogens with one attached hydrogen (secondary N) is 2. The lowest BCUT2D eigenvalue weighted by molar-refractivity contribution is 0.244. The number of nitrogens with zero attached hydrogens (tertiary/aromatic N) is 1. The van der Waals surface area contributed by atoms with E-state index in [1.165, 1.54) is 25.3 Å². The van der Waals surface area contributed by atoms with Crippen molar-refractivity contribution in [2.24, 2.45) is 0 Å². The fourth-order valence-electron chi connectivity index (χ4n) is 2.45. The Balaban J connectivity index is 1.92. The molecule has 2 N–H and O–H groups in total. The summed E-state index contributed by atoms with van der Waals surface area (Å²) in [5.74, 6) is 0. The number of pyridine rings is 1. The van der Waals surface area contributed by atoms with E-state index in [0.29, 0.717) is 12.2 Å². The molecule has 104 valence electrons. The zero-order chi connectivity index (χ0) is 13.7. The summed E-state index contributed by atoms with van der Waals surface area (Å²) >= 11 is 0.